The zero-order valence-corrected chi connectivity index (χ0v) is 17.8. The topological polar surface area (TPSA) is 89.0 Å². The largest absolute Gasteiger partial charge is 0.454 e. The summed E-state index contributed by atoms with van der Waals surface area (Å²) < 4.78 is 24.6. The van der Waals surface area contributed by atoms with E-state index in [1.54, 1.807) is 48.5 Å². The van der Waals surface area contributed by atoms with Gasteiger partial charge in [0.2, 0.25) is 6.79 Å². The van der Waals surface area contributed by atoms with Crippen LogP contribution in [0, 0.1) is 5.82 Å². The first-order chi connectivity index (χ1) is 16.0. The molecule has 0 atom stereocenters. The molecule has 9 heteroatoms. The number of nitrogens with zero attached hydrogens (tertiary/aromatic N) is 1. The Balaban J connectivity index is 1.58. The second-order valence-electron chi connectivity index (χ2n) is 6.83. The van der Waals surface area contributed by atoms with Gasteiger partial charge < -0.3 is 14.8 Å². The van der Waals surface area contributed by atoms with Crippen molar-refractivity contribution in [3.8, 4) is 11.5 Å². The van der Waals surface area contributed by atoms with Crippen LogP contribution in [0.2, 0.25) is 5.02 Å². The number of carbonyl (C=O) groups is 2. The summed E-state index contributed by atoms with van der Waals surface area (Å²) in [5.41, 5.74) is 3.17. The van der Waals surface area contributed by atoms with Crippen LogP contribution in [-0.4, -0.2) is 24.8 Å². The van der Waals surface area contributed by atoms with E-state index in [2.05, 4.69) is 15.8 Å². The molecule has 33 heavy (non-hydrogen) atoms. The predicted molar refractivity (Wildman–Crippen MR) is 122 cm³/mol. The molecule has 7 nitrogen and oxygen atoms in total. The van der Waals surface area contributed by atoms with E-state index < -0.39 is 17.6 Å². The smallest absolute Gasteiger partial charge is 0.287 e. The maximum absolute atomic E-state index is 13.9. The fraction of sp³-hybridized carbons (Fsp3) is 0.0417. The van der Waals surface area contributed by atoms with Gasteiger partial charge in [0.25, 0.3) is 11.8 Å². The zero-order valence-electron chi connectivity index (χ0n) is 17.0. The number of hydrazone groups is 1. The van der Waals surface area contributed by atoms with Gasteiger partial charge in [0, 0.05) is 11.1 Å². The Morgan fingerprint density at radius 3 is 2.58 bits per heavy atom. The number of carbonyl (C=O) groups excluding carboxylic acids is 2. The lowest BCUT2D eigenvalue weighted by Crippen LogP contribution is -2.32. The van der Waals surface area contributed by atoms with E-state index in [9.17, 15) is 14.0 Å². The minimum absolute atomic E-state index is 0.0223. The van der Waals surface area contributed by atoms with E-state index in [0.717, 1.165) is 6.21 Å². The van der Waals surface area contributed by atoms with Gasteiger partial charge in [0.1, 0.15) is 11.5 Å². The molecule has 3 aromatic rings. The number of nitrogens with one attached hydrogen (secondary N) is 2. The third kappa shape index (κ3) is 5.36. The molecule has 0 bridgehead atoms. The van der Waals surface area contributed by atoms with Gasteiger partial charge in [-0.25, -0.2) is 9.82 Å². The van der Waals surface area contributed by atoms with Gasteiger partial charge in [-0.2, -0.15) is 5.10 Å². The Kier molecular flexibility index (Phi) is 6.66. The second kappa shape index (κ2) is 9.97. The Bertz CT molecular complexity index is 1240. The molecule has 1 aliphatic rings. The average Bonchev–Trinajstić information content (AvgIpc) is 3.29. The molecule has 0 aliphatic carbocycles. The summed E-state index contributed by atoms with van der Waals surface area (Å²) in [7, 11) is 0. The molecule has 0 unspecified atom stereocenters. The van der Waals surface area contributed by atoms with Crippen molar-refractivity contribution < 1.29 is 23.5 Å². The lowest BCUT2D eigenvalue weighted by Gasteiger charge is -2.09. The van der Waals surface area contributed by atoms with Gasteiger partial charge in [-0.15, -0.1) is 0 Å². The maximum Gasteiger partial charge on any atom is 0.287 e. The summed E-state index contributed by atoms with van der Waals surface area (Å²) in [6, 6.07) is 17.7. The summed E-state index contributed by atoms with van der Waals surface area (Å²) in [5.74, 6) is -0.698. The van der Waals surface area contributed by atoms with Crippen molar-refractivity contribution in [1.82, 2.24) is 10.7 Å². The number of hydrogen-bond donors (Lipinski definition) is 2. The average molecular weight is 466 g/mol. The Morgan fingerprint density at radius 1 is 1.00 bits per heavy atom. The summed E-state index contributed by atoms with van der Waals surface area (Å²) in [6.45, 7) is 0.105. The number of hydrogen-bond acceptors (Lipinski definition) is 5. The minimum atomic E-state index is -0.722. The molecule has 166 valence electrons. The van der Waals surface area contributed by atoms with Crippen molar-refractivity contribution >= 4 is 35.7 Å². The third-order valence-corrected chi connectivity index (χ3v) is 4.93. The van der Waals surface area contributed by atoms with Gasteiger partial charge in [0.05, 0.1) is 11.2 Å². The number of benzene rings is 3. The molecular formula is C24H17ClFN3O4. The third-order valence-electron chi connectivity index (χ3n) is 4.60. The molecule has 0 spiro atoms. The first kappa shape index (κ1) is 22.0. The van der Waals surface area contributed by atoms with Gasteiger partial charge in [-0.3, -0.25) is 9.59 Å². The first-order valence-corrected chi connectivity index (χ1v) is 10.1. The minimum Gasteiger partial charge on any atom is -0.454 e. The second-order valence-corrected chi connectivity index (χ2v) is 7.23. The van der Waals surface area contributed by atoms with Crippen molar-refractivity contribution in [1.29, 1.82) is 0 Å². The monoisotopic (exact) mass is 465 g/mol. The number of halogens is 2. The molecular weight excluding hydrogens is 449 g/mol. The van der Waals surface area contributed by atoms with E-state index in [1.165, 1.54) is 24.3 Å². The Labute approximate surface area is 193 Å². The molecule has 0 radical (unpaired) electrons. The standard InChI is InChI=1S/C24H17ClFN3O4/c25-18-7-4-8-19(26)17(18)13-27-29-24(31)20(28-23(30)16-5-2-1-3-6-16)11-15-9-10-21-22(12-15)33-14-32-21/h1-13H,14H2,(H,28,30)(H,29,31)/b20-11+,27-13+. The van der Waals surface area contributed by atoms with Crippen molar-refractivity contribution in [2.75, 3.05) is 6.79 Å². The highest BCUT2D eigenvalue weighted by Crippen LogP contribution is 2.33. The van der Waals surface area contributed by atoms with E-state index in [-0.39, 0.29) is 23.1 Å². The van der Waals surface area contributed by atoms with Crippen LogP contribution in [0.25, 0.3) is 6.08 Å². The van der Waals surface area contributed by atoms with Crippen molar-refractivity contribution in [2.24, 2.45) is 5.10 Å². The molecule has 2 amide bonds. The Morgan fingerprint density at radius 2 is 1.79 bits per heavy atom. The van der Waals surface area contributed by atoms with E-state index in [4.69, 9.17) is 21.1 Å². The van der Waals surface area contributed by atoms with Crippen LogP contribution in [0.15, 0.2) is 77.5 Å². The van der Waals surface area contributed by atoms with Crippen LogP contribution in [0.5, 0.6) is 11.5 Å². The number of amides is 2. The fourth-order valence-electron chi connectivity index (χ4n) is 2.96. The summed E-state index contributed by atoms with van der Waals surface area (Å²) >= 11 is 5.96. The van der Waals surface area contributed by atoms with Gasteiger partial charge in [-0.05, 0) is 48.0 Å². The highest BCUT2D eigenvalue weighted by atomic mass is 35.5. The highest BCUT2D eigenvalue weighted by molar-refractivity contribution is 6.33. The summed E-state index contributed by atoms with van der Waals surface area (Å²) in [5, 5.41) is 6.50. The maximum atomic E-state index is 13.9. The lowest BCUT2D eigenvalue weighted by molar-refractivity contribution is -0.117. The van der Waals surface area contributed by atoms with Gasteiger partial charge in [0.15, 0.2) is 11.5 Å². The summed E-state index contributed by atoms with van der Waals surface area (Å²) in [4.78, 5) is 25.5. The first-order valence-electron chi connectivity index (χ1n) is 9.76. The molecule has 1 heterocycles. The van der Waals surface area contributed by atoms with Crippen molar-refractivity contribution in [3.63, 3.8) is 0 Å². The number of ether oxygens (including phenoxy) is 2. The Hall–Kier alpha value is -4.17. The van der Waals surface area contributed by atoms with E-state index in [1.807, 2.05) is 0 Å². The normalized spacial score (nSPS) is 12.6. The van der Waals surface area contributed by atoms with Crippen LogP contribution in [0.1, 0.15) is 21.5 Å². The van der Waals surface area contributed by atoms with Crippen LogP contribution >= 0.6 is 11.6 Å². The van der Waals surface area contributed by atoms with E-state index in [0.29, 0.717) is 22.6 Å². The fourth-order valence-corrected chi connectivity index (χ4v) is 3.17. The molecule has 0 aromatic heterocycles. The molecule has 4 rings (SSSR count). The van der Waals surface area contributed by atoms with Crippen molar-refractivity contribution in [2.45, 2.75) is 0 Å². The molecule has 0 saturated heterocycles. The molecule has 1 aliphatic heterocycles. The number of rotatable bonds is 6. The van der Waals surface area contributed by atoms with Crippen LogP contribution < -0.4 is 20.2 Å². The van der Waals surface area contributed by atoms with Crippen molar-refractivity contribution in [3.05, 3.63) is 100.0 Å². The summed E-state index contributed by atoms with van der Waals surface area (Å²) in [6.07, 6.45) is 2.55. The van der Waals surface area contributed by atoms with Crippen LogP contribution in [-0.2, 0) is 4.79 Å². The van der Waals surface area contributed by atoms with Gasteiger partial charge in [-0.1, -0.05) is 41.9 Å². The van der Waals surface area contributed by atoms with Crippen LogP contribution in [0.4, 0.5) is 4.39 Å². The van der Waals surface area contributed by atoms with Crippen LogP contribution in [0.3, 0.4) is 0 Å². The molecule has 3 aromatic carbocycles. The van der Waals surface area contributed by atoms with Gasteiger partial charge >= 0.3 is 0 Å². The zero-order chi connectivity index (χ0) is 23.2. The quantitative estimate of drug-likeness (QED) is 0.325. The predicted octanol–water partition coefficient (Wildman–Crippen LogP) is 4.13. The van der Waals surface area contributed by atoms with E-state index >= 15 is 0 Å². The lowest BCUT2D eigenvalue weighted by atomic mass is 10.1. The molecule has 0 fully saturated rings. The SMILES string of the molecule is O=C(N/N=C/c1c(F)cccc1Cl)/C(=C\c1ccc2c(c1)OCO2)NC(=O)c1ccccc1. The number of fused-ring (bicyclic) bond motifs is 1. The molecule has 2 N–H and O–H groups in total. The highest BCUT2D eigenvalue weighted by Gasteiger charge is 2.17. The molecule has 0 saturated carbocycles.